The Morgan fingerprint density at radius 3 is 1.00 bits per heavy atom. The molecule has 0 N–H and O–H groups in total. The number of pyridine rings is 4. The summed E-state index contributed by atoms with van der Waals surface area (Å²) in [5, 5.41) is 6.11. The second-order valence-corrected chi connectivity index (χ2v) is 32.7. The van der Waals surface area contributed by atoms with E-state index in [0.29, 0.717) is 192 Å². The van der Waals surface area contributed by atoms with Gasteiger partial charge < -0.3 is 46.5 Å². The minimum absolute atomic E-state index is 0. The van der Waals surface area contributed by atoms with Gasteiger partial charge in [-0.15, -0.1) is 0 Å². The Labute approximate surface area is 743 Å². The average molecular weight is 1840 g/mol. The molecule has 37 heteroatoms. The molecule has 131 heavy (non-hydrogen) atoms. The molecule has 21 nitrogen and oxygen atoms in total. The smallest absolute Gasteiger partial charge is 0.379 e. The van der Waals surface area contributed by atoms with Gasteiger partial charge in [0.15, 0.2) is 0 Å². The fraction of sp³-hybridized carbons (Fsp3) is 0.426. The van der Waals surface area contributed by atoms with E-state index in [1.165, 1.54) is 43.3 Å². The van der Waals surface area contributed by atoms with E-state index in [4.69, 9.17) is 23.7 Å². The van der Waals surface area contributed by atoms with Crippen LogP contribution in [0.25, 0.3) is 109 Å². The van der Waals surface area contributed by atoms with Gasteiger partial charge in [-0.25, -0.2) is 24.3 Å². The van der Waals surface area contributed by atoms with Crippen LogP contribution in [-0.2, 0) is 87.3 Å². The summed E-state index contributed by atoms with van der Waals surface area (Å²) in [6, 6.07) is 30.0. The van der Waals surface area contributed by atoms with Gasteiger partial charge in [0.1, 0.15) is 28.6 Å². The molecule has 5 aromatic carbocycles. The zero-order valence-corrected chi connectivity index (χ0v) is 71.8. The highest BCUT2D eigenvalue weighted by molar-refractivity contribution is 6.12. The topological polar surface area (TPSA) is 164 Å². The van der Waals surface area contributed by atoms with Crippen molar-refractivity contribution in [3.8, 4) is 0 Å². The summed E-state index contributed by atoms with van der Waals surface area (Å²) in [4.78, 5) is 36.9. The second kappa shape index (κ2) is 40.0. The normalized spacial score (nSPS) is 16.5. The highest BCUT2D eigenvalue weighted by Crippen LogP contribution is 2.45. The van der Waals surface area contributed by atoms with Gasteiger partial charge in [0, 0.05) is 215 Å². The quantitative estimate of drug-likeness (QED) is 0.0890. The number of aromatic nitrogens is 11. The third-order valence-electron chi connectivity index (χ3n) is 24.4. The highest BCUT2D eigenvalue weighted by Gasteiger charge is 2.40. The maximum atomic E-state index is 14.1. The lowest BCUT2D eigenvalue weighted by atomic mass is 10.1. The van der Waals surface area contributed by atoms with Gasteiger partial charge >= 0.3 is 30.9 Å². The number of hydrogen-bond donors (Lipinski definition) is 0. The Kier molecular flexibility index (Phi) is 29.0. The van der Waals surface area contributed by atoms with E-state index >= 15 is 0 Å². The fourth-order valence-electron chi connectivity index (χ4n) is 18.0. The molecule has 0 aliphatic carbocycles. The first-order valence-corrected chi connectivity index (χ1v) is 43.1. The van der Waals surface area contributed by atoms with Gasteiger partial charge in [0.2, 0.25) is 0 Å². The molecule has 0 saturated carbocycles. The molecule has 0 amide bonds. The standard InChI is InChI=1S/C19H19F4N3O.2C19H20F3N3O.C18H19F3N4O.C18H18F3N3O.CH4/c1-12-16(20)11-14-13-3-2-4-15(19(21,22)23)17(13)26(18(14)24-12)6-5-25-7-9-27-10-8-25;1-13-11-17-15(12-23-13)14-3-2-4-16(19(20,21)22)18(14)25(17)6-5-24-7-9-26-10-8-24;1-13-5-6-15-14-3-2-4-16(19(20,21)22)17(14)25(18(15)23-13)8-7-24-9-11-26-12-10-24;1-12-22-11-14-13-3-2-4-15(18(19,20)21)16(13)25(17(14)23-12)6-5-24-7-9-26-10-8-24;19-18(20,21)15-3-1-2-14-13-4-5-22-12-16(13)24(17(14)15)7-6-23-8-10-25-11-9-23;/h2-4,11H,5-10H2,1H3;2-4,11-12H,5-10H2,1H3;2-6H,7-12H2,1H3;2-4,11H,5-10H2,1H3;1-5,12H,6-11H2;1H4. The van der Waals surface area contributed by atoms with Gasteiger partial charge in [-0.2, -0.15) is 65.9 Å². The number of benzene rings is 5. The molecular formula is C94H100F16N16O5. The predicted molar refractivity (Wildman–Crippen MR) is 471 cm³/mol. The average Bonchev–Trinajstić information content (AvgIpc) is 1.58. The van der Waals surface area contributed by atoms with E-state index in [1.54, 1.807) is 90.9 Å². The van der Waals surface area contributed by atoms with Crippen molar-refractivity contribution in [1.82, 2.24) is 77.2 Å². The molecule has 5 aliphatic rings. The van der Waals surface area contributed by atoms with Crippen LogP contribution in [0.4, 0.5) is 70.2 Å². The minimum atomic E-state index is -4.50. The van der Waals surface area contributed by atoms with Crippen molar-refractivity contribution < 1.29 is 93.9 Å². The van der Waals surface area contributed by atoms with Crippen LogP contribution >= 0.6 is 0 Å². The second-order valence-electron chi connectivity index (χ2n) is 32.7. The van der Waals surface area contributed by atoms with Crippen LogP contribution in [0.1, 0.15) is 58.2 Å². The van der Waals surface area contributed by atoms with E-state index in [-0.39, 0.29) is 40.7 Å². The molecule has 10 aromatic heterocycles. The molecule has 5 fully saturated rings. The monoisotopic (exact) mass is 1840 g/mol. The van der Waals surface area contributed by atoms with Crippen LogP contribution in [0.2, 0.25) is 0 Å². The number of alkyl halides is 15. The summed E-state index contributed by atoms with van der Waals surface area (Å²) >= 11 is 0. The maximum absolute atomic E-state index is 14.1. The number of aryl methyl sites for hydroxylation is 4. The van der Waals surface area contributed by atoms with Crippen molar-refractivity contribution in [2.24, 2.45) is 0 Å². The van der Waals surface area contributed by atoms with E-state index in [1.807, 2.05) is 32.0 Å². The Morgan fingerprint density at radius 2 is 0.611 bits per heavy atom. The first-order chi connectivity index (χ1) is 62.3. The van der Waals surface area contributed by atoms with E-state index in [9.17, 15) is 70.2 Å². The zero-order valence-electron chi connectivity index (χ0n) is 71.8. The van der Waals surface area contributed by atoms with Gasteiger partial charge in [0.05, 0.1) is 144 Å². The third-order valence-corrected chi connectivity index (χ3v) is 24.4. The molecule has 20 rings (SSSR count). The third kappa shape index (κ3) is 20.9. The van der Waals surface area contributed by atoms with Crippen molar-refractivity contribution in [1.29, 1.82) is 0 Å². The zero-order chi connectivity index (χ0) is 91.6. The van der Waals surface area contributed by atoms with Crippen molar-refractivity contribution in [3.05, 3.63) is 203 Å². The molecule has 0 spiro atoms. The maximum Gasteiger partial charge on any atom is 0.418 e. The van der Waals surface area contributed by atoms with Crippen molar-refractivity contribution in [2.45, 2.75) is 98.7 Å². The predicted octanol–water partition coefficient (Wildman–Crippen LogP) is 19.1. The van der Waals surface area contributed by atoms with Gasteiger partial charge in [0.25, 0.3) is 0 Å². The number of nitrogens with zero attached hydrogens (tertiary/aromatic N) is 16. The van der Waals surface area contributed by atoms with E-state index in [0.717, 1.165) is 134 Å². The molecule has 5 saturated heterocycles. The van der Waals surface area contributed by atoms with Crippen molar-refractivity contribution in [2.75, 3.05) is 164 Å². The summed E-state index contributed by atoms with van der Waals surface area (Å²) in [7, 11) is 0. The summed E-state index contributed by atoms with van der Waals surface area (Å²) in [6.45, 7) is 26.9. The highest BCUT2D eigenvalue weighted by atomic mass is 19.4. The van der Waals surface area contributed by atoms with Crippen LogP contribution in [0.5, 0.6) is 0 Å². The van der Waals surface area contributed by atoms with Gasteiger partial charge in [-0.3, -0.25) is 34.5 Å². The van der Waals surface area contributed by atoms with Crippen molar-refractivity contribution in [3.63, 3.8) is 0 Å². The Hall–Kier alpha value is -10.7. The summed E-state index contributed by atoms with van der Waals surface area (Å²) in [6.07, 6.45) is -15.6. The van der Waals surface area contributed by atoms with Gasteiger partial charge in [-0.1, -0.05) is 68.1 Å². The van der Waals surface area contributed by atoms with Crippen LogP contribution in [0, 0.1) is 33.5 Å². The largest absolute Gasteiger partial charge is 0.418 e. The lowest BCUT2D eigenvalue weighted by Crippen LogP contribution is -2.38. The molecule has 15 aromatic rings. The molecule has 0 radical (unpaired) electrons. The molecule has 0 unspecified atom stereocenters. The SMILES string of the molecule is C.Cc1cc2c(cn1)c1cccc(C(F)(F)F)c1n2CCN1CCOCC1.Cc1ccc2c3cccc(C(F)(F)F)c3n(CCN3CCOCC3)c2n1.Cc1nc2c(cc1F)c1cccc(C(F)(F)F)c1n2CCN1CCOCC1.Cc1ncc2c3cccc(C(F)(F)F)c3n(CCN3CCOCC3)c2n1.FC(F)(F)c1cccc2c3ccncc3n(CCN3CCOCC3)c12. The molecular weight excluding hydrogens is 1740 g/mol. The van der Waals surface area contributed by atoms with Crippen LogP contribution in [0.3, 0.4) is 0 Å². The number of morpholine rings is 5. The van der Waals surface area contributed by atoms with Crippen LogP contribution in [0.15, 0.2) is 146 Å². The Balaban J connectivity index is 0.000000125. The van der Waals surface area contributed by atoms with Crippen molar-refractivity contribution >= 4 is 109 Å². The first-order valence-electron chi connectivity index (χ1n) is 43.1. The molecule has 5 aliphatic heterocycles. The molecule has 15 heterocycles. The molecule has 698 valence electrons. The summed E-state index contributed by atoms with van der Waals surface area (Å²) < 4.78 is 254. The first kappa shape index (κ1) is 94.9. The number of hydrogen-bond acceptors (Lipinski definition) is 16. The lowest BCUT2D eigenvalue weighted by molar-refractivity contribution is -0.137. The fourth-order valence-corrected chi connectivity index (χ4v) is 18.0. The van der Waals surface area contributed by atoms with E-state index in [2.05, 4.69) is 54.4 Å². The van der Waals surface area contributed by atoms with Gasteiger partial charge in [-0.05, 0) is 88.4 Å². The van der Waals surface area contributed by atoms with Crippen LogP contribution < -0.4 is 0 Å². The van der Waals surface area contributed by atoms with E-state index < -0.39 is 64.5 Å². The van der Waals surface area contributed by atoms with Crippen LogP contribution in [-0.4, -0.2) is 241 Å². The Morgan fingerprint density at radius 1 is 0.290 bits per heavy atom. The number of para-hydroxylation sites is 5. The Bertz CT molecular complexity index is 6160. The molecule has 0 bridgehead atoms. The summed E-state index contributed by atoms with van der Waals surface area (Å²) in [5.74, 6) is 0.0219. The number of ether oxygens (including phenoxy) is 5. The summed E-state index contributed by atoms with van der Waals surface area (Å²) in [5.41, 5.74) is 2.66. The molecule has 0 atom stereocenters. The number of halogens is 16. The minimum Gasteiger partial charge on any atom is -0.379 e. The number of fused-ring (bicyclic) bond motifs is 15. The lowest BCUT2D eigenvalue weighted by Gasteiger charge is -2.27. The number of rotatable bonds is 15.